The molecular weight excluding hydrogens is 260 g/mol. The monoisotopic (exact) mass is 280 g/mol. The van der Waals surface area contributed by atoms with Crippen molar-refractivity contribution in [1.82, 2.24) is 19.9 Å². The van der Waals surface area contributed by atoms with Crippen LogP contribution in [0.4, 0.5) is 0 Å². The minimum Gasteiger partial charge on any atom is -0.329 e. The highest BCUT2D eigenvalue weighted by Gasteiger charge is 2.07. The molecule has 0 unspecified atom stereocenters. The first-order valence-electron chi connectivity index (χ1n) is 7.30. The molecule has 0 aliphatic carbocycles. The summed E-state index contributed by atoms with van der Waals surface area (Å²) in [7, 11) is 0. The fraction of sp³-hybridized carbons (Fsp3) is 0.294. The van der Waals surface area contributed by atoms with Gasteiger partial charge in [0.05, 0.1) is 12.1 Å². The Morgan fingerprint density at radius 2 is 1.95 bits per heavy atom. The van der Waals surface area contributed by atoms with Gasteiger partial charge < -0.3 is 9.88 Å². The van der Waals surface area contributed by atoms with Crippen LogP contribution in [-0.2, 0) is 13.1 Å². The Bertz CT molecular complexity index is 725. The zero-order valence-electron chi connectivity index (χ0n) is 12.5. The molecular formula is C17H20N4. The van der Waals surface area contributed by atoms with Gasteiger partial charge in [0.25, 0.3) is 0 Å². The zero-order valence-corrected chi connectivity index (χ0v) is 12.5. The van der Waals surface area contributed by atoms with Gasteiger partial charge in [0, 0.05) is 36.6 Å². The molecule has 108 valence electrons. The maximum absolute atomic E-state index is 4.45. The van der Waals surface area contributed by atoms with E-state index in [2.05, 4.69) is 51.9 Å². The van der Waals surface area contributed by atoms with Gasteiger partial charge >= 0.3 is 0 Å². The van der Waals surface area contributed by atoms with E-state index in [4.69, 9.17) is 0 Å². The van der Waals surface area contributed by atoms with Crippen molar-refractivity contribution in [3.05, 3.63) is 60.3 Å². The van der Waals surface area contributed by atoms with E-state index in [1.165, 1.54) is 10.9 Å². The molecule has 0 saturated heterocycles. The number of imidazole rings is 1. The van der Waals surface area contributed by atoms with Crippen molar-refractivity contribution in [2.24, 2.45) is 0 Å². The van der Waals surface area contributed by atoms with Crippen LogP contribution in [0.3, 0.4) is 0 Å². The predicted molar refractivity (Wildman–Crippen MR) is 85.0 cm³/mol. The van der Waals surface area contributed by atoms with E-state index in [1.54, 1.807) is 0 Å². The van der Waals surface area contributed by atoms with Crippen molar-refractivity contribution in [2.75, 3.05) is 0 Å². The molecule has 4 nitrogen and oxygen atoms in total. The minimum atomic E-state index is 0.455. The average Bonchev–Trinajstić information content (AvgIpc) is 2.93. The molecule has 0 spiro atoms. The Kier molecular flexibility index (Phi) is 3.97. The van der Waals surface area contributed by atoms with Gasteiger partial charge in [-0.3, -0.25) is 4.98 Å². The Labute approximate surface area is 124 Å². The number of hydrogen-bond donors (Lipinski definition) is 1. The fourth-order valence-corrected chi connectivity index (χ4v) is 2.42. The third-order valence-electron chi connectivity index (χ3n) is 3.55. The number of nitrogens with zero attached hydrogens (tertiary/aromatic N) is 3. The first-order valence-corrected chi connectivity index (χ1v) is 7.30. The summed E-state index contributed by atoms with van der Waals surface area (Å²) in [6.07, 6.45) is 5.77. The number of benzene rings is 1. The lowest BCUT2D eigenvalue weighted by Gasteiger charge is -2.12. The highest BCUT2D eigenvalue weighted by atomic mass is 15.1. The number of para-hydroxylation sites is 1. The van der Waals surface area contributed by atoms with Crippen LogP contribution in [-0.4, -0.2) is 20.6 Å². The Morgan fingerprint density at radius 1 is 1.10 bits per heavy atom. The third-order valence-corrected chi connectivity index (χ3v) is 3.55. The van der Waals surface area contributed by atoms with Crippen LogP contribution in [0.5, 0.6) is 0 Å². The first kappa shape index (κ1) is 13.8. The molecule has 0 bridgehead atoms. The molecule has 2 aromatic heterocycles. The number of hydrogen-bond acceptors (Lipinski definition) is 3. The van der Waals surface area contributed by atoms with Gasteiger partial charge in [-0.05, 0) is 17.7 Å². The lowest BCUT2D eigenvalue weighted by atomic mass is 10.1. The number of pyridine rings is 1. The minimum absolute atomic E-state index is 0.455. The van der Waals surface area contributed by atoms with E-state index in [0.717, 1.165) is 24.4 Å². The van der Waals surface area contributed by atoms with Gasteiger partial charge in [-0.1, -0.05) is 32.0 Å². The molecule has 0 atom stereocenters. The summed E-state index contributed by atoms with van der Waals surface area (Å²) >= 11 is 0. The Morgan fingerprint density at radius 3 is 2.81 bits per heavy atom. The van der Waals surface area contributed by atoms with E-state index < -0.39 is 0 Å². The van der Waals surface area contributed by atoms with E-state index in [1.807, 2.05) is 30.7 Å². The second kappa shape index (κ2) is 6.06. The van der Waals surface area contributed by atoms with Crippen LogP contribution < -0.4 is 5.32 Å². The van der Waals surface area contributed by atoms with E-state index in [0.29, 0.717) is 6.04 Å². The fourth-order valence-electron chi connectivity index (χ4n) is 2.42. The summed E-state index contributed by atoms with van der Waals surface area (Å²) in [4.78, 5) is 8.87. The molecule has 0 aliphatic heterocycles. The maximum atomic E-state index is 4.45. The van der Waals surface area contributed by atoms with Gasteiger partial charge in [0.1, 0.15) is 5.82 Å². The lowest BCUT2D eigenvalue weighted by Crippen LogP contribution is -2.24. The smallest absolute Gasteiger partial charge is 0.122 e. The second-order valence-electron chi connectivity index (χ2n) is 5.49. The molecule has 3 rings (SSSR count). The van der Waals surface area contributed by atoms with Crippen molar-refractivity contribution in [3.8, 4) is 0 Å². The van der Waals surface area contributed by atoms with Gasteiger partial charge in [0.15, 0.2) is 0 Å². The van der Waals surface area contributed by atoms with Crippen molar-refractivity contribution >= 4 is 10.9 Å². The molecule has 3 aromatic rings. The molecule has 21 heavy (non-hydrogen) atoms. The topological polar surface area (TPSA) is 42.7 Å². The molecule has 0 saturated carbocycles. The SMILES string of the molecule is CC(C)NCc1nccn1Cc1ccnc2ccccc12. The normalized spacial score (nSPS) is 11.4. The van der Waals surface area contributed by atoms with Crippen molar-refractivity contribution in [1.29, 1.82) is 0 Å². The molecule has 4 heteroatoms. The second-order valence-corrected chi connectivity index (χ2v) is 5.49. The number of nitrogens with one attached hydrogen (secondary N) is 1. The van der Waals surface area contributed by atoms with Crippen LogP contribution in [0.2, 0.25) is 0 Å². The van der Waals surface area contributed by atoms with Gasteiger partial charge in [-0.2, -0.15) is 0 Å². The van der Waals surface area contributed by atoms with Gasteiger partial charge in [-0.25, -0.2) is 4.98 Å². The van der Waals surface area contributed by atoms with Crippen LogP contribution in [0, 0.1) is 0 Å². The predicted octanol–water partition coefficient (Wildman–Crippen LogP) is 2.98. The molecule has 0 radical (unpaired) electrons. The van der Waals surface area contributed by atoms with Crippen molar-refractivity contribution in [3.63, 3.8) is 0 Å². The van der Waals surface area contributed by atoms with Crippen LogP contribution in [0.25, 0.3) is 10.9 Å². The van der Waals surface area contributed by atoms with E-state index in [-0.39, 0.29) is 0 Å². The molecule has 1 N–H and O–H groups in total. The zero-order chi connectivity index (χ0) is 14.7. The van der Waals surface area contributed by atoms with Crippen LogP contribution in [0.1, 0.15) is 25.2 Å². The van der Waals surface area contributed by atoms with Gasteiger partial charge in [0.2, 0.25) is 0 Å². The van der Waals surface area contributed by atoms with E-state index >= 15 is 0 Å². The number of rotatable bonds is 5. The molecule has 1 aromatic carbocycles. The largest absolute Gasteiger partial charge is 0.329 e. The quantitative estimate of drug-likeness (QED) is 0.781. The summed E-state index contributed by atoms with van der Waals surface area (Å²) in [6.45, 7) is 5.89. The van der Waals surface area contributed by atoms with Crippen LogP contribution in [0.15, 0.2) is 48.9 Å². The van der Waals surface area contributed by atoms with Gasteiger partial charge in [-0.15, -0.1) is 0 Å². The molecule has 0 fully saturated rings. The molecule has 0 amide bonds. The standard InChI is InChI=1S/C17H20N4/c1-13(2)20-11-17-19-9-10-21(17)12-14-7-8-18-16-6-4-3-5-15(14)16/h3-10,13,20H,11-12H2,1-2H3. The lowest BCUT2D eigenvalue weighted by molar-refractivity contribution is 0.555. The Hall–Kier alpha value is -2.20. The average molecular weight is 280 g/mol. The van der Waals surface area contributed by atoms with Crippen molar-refractivity contribution < 1.29 is 0 Å². The summed E-state index contributed by atoms with van der Waals surface area (Å²) in [6, 6.07) is 10.8. The number of aromatic nitrogens is 3. The third kappa shape index (κ3) is 3.11. The Balaban J connectivity index is 1.87. The first-order chi connectivity index (χ1) is 10.2. The summed E-state index contributed by atoms with van der Waals surface area (Å²) in [5.74, 6) is 1.06. The molecule has 0 aliphatic rings. The highest BCUT2D eigenvalue weighted by Crippen LogP contribution is 2.17. The van der Waals surface area contributed by atoms with Crippen LogP contribution >= 0.6 is 0 Å². The van der Waals surface area contributed by atoms with Crippen molar-refractivity contribution in [2.45, 2.75) is 33.0 Å². The highest BCUT2D eigenvalue weighted by molar-refractivity contribution is 5.81. The molecule has 2 heterocycles. The summed E-state index contributed by atoms with van der Waals surface area (Å²) in [5, 5.41) is 4.62. The van der Waals surface area contributed by atoms with E-state index in [9.17, 15) is 0 Å². The maximum Gasteiger partial charge on any atom is 0.122 e. The summed E-state index contributed by atoms with van der Waals surface area (Å²) < 4.78 is 2.19. The summed E-state index contributed by atoms with van der Waals surface area (Å²) in [5.41, 5.74) is 2.31. The number of fused-ring (bicyclic) bond motifs is 1.